The van der Waals surface area contributed by atoms with Gasteiger partial charge in [-0.15, -0.1) is 0 Å². The molecule has 0 spiro atoms. The maximum Gasteiger partial charge on any atom is 0.190 e. The highest BCUT2D eigenvalue weighted by atomic mass is 16.8. The minimum atomic E-state index is -0.737. The molecule has 1 aliphatic carbocycles. The highest BCUT2D eigenvalue weighted by molar-refractivity contribution is 5.87. The maximum atomic E-state index is 13.3. The number of fused-ring (bicyclic) bond motifs is 1. The first-order chi connectivity index (χ1) is 13.3. The summed E-state index contributed by atoms with van der Waals surface area (Å²) in [6.45, 7) is 8.41. The van der Waals surface area contributed by atoms with Gasteiger partial charge in [-0.25, -0.2) is 0 Å². The summed E-state index contributed by atoms with van der Waals surface area (Å²) in [7, 11) is 0. The number of rotatable bonds is 5. The third-order valence-electron chi connectivity index (χ3n) is 6.11. The molecule has 2 saturated heterocycles. The summed E-state index contributed by atoms with van der Waals surface area (Å²) >= 11 is 0. The molecule has 5 heteroatoms. The van der Waals surface area contributed by atoms with E-state index in [-0.39, 0.29) is 11.7 Å². The lowest BCUT2D eigenvalue weighted by Crippen LogP contribution is -2.43. The molecule has 4 rings (SSSR count). The molecule has 1 unspecified atom stereocenters. The smallest absolute Gasteiger partial charge is 0.190 e. The molecule has 152 valence electrons. The van der Waals surface area contributed by atoms with Crippen LogP contribution in [-0.2, 0) is 30.3 Å². The van der Waals surface area contributed by atoms with E-state index in [0.29, 0.717) is 6.61 Å². The van der Waals surface area contributed by atoms with Crippen molar-refractivity contribution < 1.29 is 23.7 Å². The lowest BCUT2D eigenvalue weighted by Gasteiger charge is -2.29. The van der Waals surface area contributed by atoms with Crippen molar-refractivity contribution in [2.75, 3.05) is 0 Å². The standard InChI is InChI=1S/C23H30O5/c1-14-10-11-17(12-15(14)2)18(24)19-20(25-13-16-8-6-5-7-9-16)21-22(26-19)28-23(3,4)27-21/h5-9,17,19-22H,10-13H2,1-4H3/t17?,19-,20-,21-,22-/m1/s1. The van der Waals surface area contributed by atoms with Crippen molar-refractivity contribution in [1.82, 2.24) is 0 Å². The van der Waals surface area contributed by atoms with Gasteiger partial charge in [0.1, 0.15) is 18.3 Å². The molecule has 5 nitrogen and oxygen atoms in total. The average Bonchev–Trinajstić information content (AvgIpc) is 3.14. The number of hydrogen-bond acceptors (Lipinski definition) is 5. The van der Waals surface area contributed by atoms with Crippen LogP contribution in [0, 0.1) is 5.92 Å². The lowest BCUT2D eigenvalue weighted by molar-refractivity contribution is -0.219. The third-order valence-corrected chi connectivity index (χ3v) is 6.11. The molecule has 3 aliphatic rings. The van der Waals surface area contributed by atoms with Crippen molar-refractivity contribution in [2.45, 2.75) is 84.0 Å². The summed E-state index contributed by atoms with van der Waals surface area (Å²) in [6, 6.07) is 9.96. The minimum Gasteiger partial charge on any atom is -0.367 e. The van der Waals surface area contributed by atoms with Crippen LogP contribution in [0.3, 0.4) is 0 Å². The van der Waals surface area contributed by atoms with Crippen molar-refractivity contribution in [2.24, 2.45) is 5.92 Å². The van der Waals surface area contributed by atoms with Gasteiger partial charge in [0, 0.05) is 5.92 Å². The predicted octanol–water partition coefficient (Wildman–Crippen LogP) is 4.15. The van der Waals surface area contributed by atoms with Crippen molar-refractivity contribution in [3.8, 4) is 0 Å². The molecule has 0 saturated carbocycles. The van der Waals surface area contributed by atoms with E-state index in [4.69, 9.17) is 18.9 Å². The minimum absolute atomic E-state index is 0.0247. The average molecular weight is 386 g/mol. The summed E-state index contributed by atoms with van der Waals surface area (Å²) in [5.41, 5.74) is 3.78. The molecule has 0 amide bonds. The van der Waals surface area contributed by atoms with Gasteiger partial charge in [-0.2, -0.15) is 0 Å². The summed E-state index contributed by atoms with van der Waals surface area (Å²) in [6.07, 6.45) is 0.574. The van der Waals surface area contributed by atoms with Gasteiger partial charge in [0.05, 0.1) is 6.61 Å². The molecule has 1 aromatic rings. The second-order valence-corrected chi connectivity index (χ2v) is 8.69. The van der Waals surface area contributed by atoms with E-state index in [9.17, 15) is 4.79 Å². The Bertz CT molecular complexity index is 754. The lowest BCUT2D eigenvalue weighted by atomic mass is 9.80. The Labute approximate surface area is 167 Å². The molecule has 0 radical (unpaired) electrons. The fourth-order valence-electron chi connectivity index (χ4n) is 4.38. The van der Waals surface area contributed by atoms with Crippen molar-refractivity contribution >= 4 is 5.78 Å². The van der Waals surface area contributed by atoms with Crippen LogP contribution in [0.2, 0.25) is 0 Å². The van der Waals surface area contributed by atoms with Gasteiger partial charge < -0.3 is 18.9 Å². The first-order valence-electron chi connectivity index (χ1n) is 10.2. The predicted molar refractivity (Wildman–Crippen MR) is 104 cm³/mol. The molecule has 28 heavy (non-hydrogen) atoms. The number of allylic oxidation sites excluding steroid dienone is 2. The Kier molecular flexibility index (Phi) is 5.45. The Morgan fingerprint density at radius 3 is 2.61 bits per heavy atom. The fraction of sp³-hybridized carbons (Fsp3) is 0.609. The van der Waals surface area contributed by atoms with Crippen LogP contribution in [-0.4, -0.2) is 36.2 Å². The zero-order valence-corrected chi connectivity index (χ0v) is 17.1. The number of ketones is 1. The van der Waals surface area contributed by atoms with Crippen molar-refractivity contribution in [3.05, 3.63) is 47.0 Å². The summed E-state index contributed by atoms with van der Waals surface area (Å²) in [4.78, 5) is 13.3. The van der Waals surface area contributed by atoms with Crippen LogP contribution >= 0.6 is 0 Å². The van der Waals surface area contributed by atoms with E-state index in [1.54, 1.807) is 0 Å². The number of benzene rings is 1. The number of ether oxygens (including phenoxy) is 4. The first kappa shape index (κ1) is 19.8. The normalized spacial score (nSPS) is 34.5. The van der Waals surface area contributed by atoms with Gasteiger partial charge in [-0.05, 0) is 52.5 Å². The van der Waals surface area contributed by atoms with Crippen LogP contribution in [0.5, 0.6) is 0 Å². The molecule has 0 N–H and O–H groups in total. The SMILES string of the molecule is CC1=C(C)CC(C(=O)[C@H]2O[C@@H]3OC(C)(C)O[C@@H]3[C@@H]2OCc2ccccc2)CC1. The van der Waals surface area contributed by atoms with Crippen LogP contribution in [0.15, 0.2) is 41.5 Å². The molecule has 5 atom stereocenters. The molecule has 1 aromatic carbocycles. The van der Waals surface area contributed by atoms with E-state index in [2.05, 4.69) is 13.8 Å². The molecular formula is C23H30O5. The van der Waals surface area contributed by atoms with Crippen LogP contribution in [0.25, 0.3) is 0 Å². The van der Waals surface area contributed by atoms with Crippen molar-refractivity contribution in [1.29, 1.82) is 0 Å². The second-order valence-electron chi connectivity index (χ2n) is 8.69. The summed E-state index contributed by atoms with van der Waals surface area (Å²) < 4.78 is 24.2. The molecular weight excluding hydrogens is 356 g/mol. The summed E-state index contributed by atoms with van der Waals surface area (Å²) in [5.74, 6) is -0.647. The fourth-order valence-corrected chi connectivity index (χ4v) is 4.38. The van der Waals surface area contributed by atoms with E-state index in [0.717, 1.165) is 24.8 Å². The molecule has 2 aliphatic heterocycles. The largest absolute Gasteiger partial charge is 0.367 e. The van der Waals surface area contributed by atoms with Crippen molar-refractivity contribution in [3.63, 3.8) is 0 Å². The summed E-state index contributed by atoms with van der Waals surface area (Å²) in [5, 5.41) is 0. The number of carbonyl (C=O) groups is 1. The van der Waals surface area contributed by atoms with Gasteiger partial charge in [-0.1, -0.05) is 41.5 Å². The molecule has 0 aromatic heterocycles. The van der Waals surface area contributed by atoms with Gasteiger partial charge in [0.25, 0.3) is 0 Å². The van der Waals surface area contributed by atoms with E-state index < -0.39 is 30.4 Å². The van der Waals surface area contributed by atoms with Gasteiger partial charge in [-0.3, -0.25) is 4.79 Å². The Balaban J connectivity index is 1.51. The maximum absolute atomic E-state index is 13.3. The van der Waals surface area contributed by atoms with E-state index in [1.165, 1.54) is 11.1 Å². The molecule has 2 fully saturated rings. The van der Waals surface area contributed by atoms with E-state index >= 15 is 0 Å². The Hall–Kier alpha value is -1.53. The van der Waals surface area contributed by atoms with Gasteiger partial charge in [0.2, 0.25) is 0 Å². The number of Topliss-reactive ketones (excluding diaryl/α,β-unsaturated/α-hetero) is 1. The molecule has 2 heterocycles. The molecule has 0 bridgehead atoms. The third kappa shape index (κ3) is 3.94. The number of carbonyl (C=O) groups excluding carboxylic acids is 1. The zero-order valence-electron chi connectivity index (χ0n) is 17.1. The van der Waals surface area contributed by atoms with Crippen LogP contribution in [0.1, 0.15) is 52.5 Å². The zero-order chi connectivity index (χ0) is 19.9. The van der Waals surface area contributed by atoms with Crippen LogP contribution < -0.4 is 0 Å². The highest BCUT2D eigenvalue weighted by Gasteiger charge is 2.57. The highest BCUT2D eigenvalue weighted by Crippen LogP contribution is 2.41. The second kappa shape index (κ2) is 7.71. The van der Waals surface area contributed by atoms with Crippen LogP contribution in [0.4, 0.5) is 0 Å². The Morgan fingerprint density at radius 2 is 1.89 bits per heavy atom. The van der Waals surface area contributed by atoms with Gasteiger partial charge in [0.15, 0.2) is 17.9 Å². The topological polar surface area (TPSA) is 54.0 Å². The van der Waals surface area contributed by atoms with Gasteiger partial charge >= 0.3 is 0 Å². The first-order valence-corrected chi connectivity index (χ1v) is 10.2. The number of hydrogen-bond donors (Lipinski definition) is 0. The van der Waals surface area contributed by atoms with E-state index in [1.807, 2.05) is 44.2 Å². The monoisotopic (exact) mass is 386 g/mol. The Morgan fingerprint density at radius 1 is 1.14 bits per heavy atom. The quantitative estimate of drug-likeness (QED) is 0.712.